The van der Waals surface area contributed by atoms with Crippen LogP contribution in [-0.4, -0.2) is 12.2 Å². The van der Waals surface area contributed by atoms with Gasteiger partial charge in [0.2, 0.25) is 0 Å². The van der Waals surface area contributed by atoms with Crippen LogP contribution in [0, 0.1) is 5.82 Å². The molecule has 0 N–H and O–H groups in total. The largest absolute Gasteiger partial charge is 0.295 e. The molecule has 5 heteroatoms. The summed E-state index contributed by atoms with van der Waals surface area (Å²) in [6, 6.07) is 5.80. The molecule has 66 valence electrons. The molecular formula is C7H6Cl3FSi. The van der Waals surface area contributed by atoms with E-state index in [1.165, 1.54) is 12.1 Å². The fourth-order valence-electron chi connectivity index (χ4n) is 0.771. The average molecular weight is 244 g/mol. The summed E-state index contributed by atoms with van der Waals surface area (Å²) < 4.78 is 12.5. The van der Waals surface area contributed by atoms with Crippen LogP contribution in [0.1, 0.15) is 0 Å². The predicted octanol–water partition coefficient (Wildman–Crippen LogP) is 2.73. The first-order valence-electron chi connectivity index (χ1n) is 3.26. The fourth-order valence-corrected chi connectivity index (χ4v) is 2.80. The summed E-state index contributed by atoms with van der Waals surface area (Å²) in [5, 5.41) is 0.738. The summed E-state index contributed by atoms with van der Waals surface area (Å²) in [7, 11) is 0. The quantitative estimate of drug-likeness (QED) is 0.426. The number of halogens is 4. The Morgan fingerprint density at radius 1 is 1.17 bits per heavy atom. The highest BCUT2D eigenvalue weighted by Crippen LogP contribution is 2.16. The van der Waals surface area contributed by atoms with Crippen LogP contribution in [-0.2, 0) is 0 Å². The molecule has 1 aromatic carbocycles. The van der Waals surface area contributed by atoms with E-state index in [1.807, 2.05) is 0 Å². The first kappa shape index (κ1) is 10.3. The van der Waals surface area contributed by atoms with Gasteiger partial charge in [-0.2, -0.15) is 0 Å². The van der Waals surface area contributed by atoms with Crippen LogP contribution in [0.15, 0.2) is 24.3 Å². The topological polar surface area (TPSA) is 0 Å². The summed E-state index contributed by atoms with van der Waals surface area (Å²) in [6.45, 7) is -2.53. The van der Waals surface area contributed by atoms with E-state index in [2.05, 4.69) is 0 Å². The molecule has 0 aliphatic heterocycles. The molecule has 1 aromatic rings. The third-order valence-corrected chi connectivity index (χ3v) is 7.08. The molecule has 0 radical (unpaired) electrons. The van der Waals surface area contributed by atoms with Gasteiger partial charge in [-0.3, -0.25) is 0 Å². The zero-order valence-corrected chi connectivity index (χ0v) is 9.30. The molecule has 0 spiro atoms. The van der Waals surface area contributed by atoms with Gasteiger partial charge in [0.15, 0.2) is 0 Å². The number of rotatable bonds is 2. The Morgan fingerprint density at radius 3 is 2.08 bits per heavy atom. The summed E-state index contributed by atoms with van der Waals surface area (Å²) in [5.74, 6) is -0.300. The third-order valence-electron chi connectivity index (χ3n) is 1.43. The van der Waals surface area contributed by atoms with Gasteiger partial charge in [-0.1, -0.05) is 12.1 Å². The molecule has 0 saturated carbocycles. The van der Waals surface area contributed by atoms with Gasteiger partial charge in [-0.05, 0) is 17.3 Å². The van der Waals surface area contributed by atoms with Gasteiger partial charge in [0.1, 0.15) is 5.82 Å². The van der Waals surface area contributed by atoms with Crippen molar-refractivity contribution in [2.75, 3.05) is 5.50 Å². The van der Waals surface area contributed by atoms with E-state index in [9.17, 15) is 4.39 Å². The normalized spacial score (nSPS) is 11.7. The molecule has 1 rings (SSSR count). The van der Waals surface area contributed by atoms with Crippen molar-refractivity contribution in [2.24, 2.45) is 0 Å². The summed E-state index contributed by atoms with van der Waals surface area (Å²) >= 11 is 17.5. The van der Waals surface area contributed by atoms with Gasteiger partial charge in [0, 0.05) is 5.50 Å². The van der Waals surface area contributed by atoms with E-state index in [4.69, 9.17) is 33.8 Å². The second-order valence-electron chi connectivity index (χ2n) is 2.34. The molecular weight excluding hydrogens is 238 g/mol. The van der Waals surface area contributed by atoms with Gasteiger partial charge < -0.3 is 0 Å². The van der Waals surface area contributed by atoms with E-state index in [0.29, 0.717) is 0 Å². The second kappa shape index (κ2) is 3.96. The first-order valence-corrected chi connectivity index (χ1v) is 8.02. The Bertz CT molecular complexity index is 260. The maximum atomic E-state index is 12.5. The predicted molar refractivity (Wildman–Crippen MR) is 54.2 cm³/mol. The van der Waals surface area contributed by atoms with Crippen molar-refractivity contribution in [3.8, 4) is 0 Å². The van der Waals surface area contributed by atoms with E-state index in [-0.39, 0.29) is 11.3 Å². The summed E-state index contributed by atoms with van der Waals surface area (Å²) in [6.07, 6.45) is 0. The molecule has 0 nitrogen and oxygen atoms in total. The standard InChI is InChI=1S/C7H6Cl3FSi/c8-5-12(9,10)7-3-1-6(11)2-4-7/h1-4H,5H2. The van der Waals surface area contributed by atoms with Crippen molar-refractivity contribution in [2.45, 2.75) is 0 Å². The average Bonchev–Trinajstić information content (AvgIpc) is 2.05. The van der Waals surface area contributed by atoms with E-state index in [0.717, 1.165) is 5.19 Å². The van der Waals surface area contributed by atoms with Crippen LogP contribution in [0.4, 0.5) is 4.39 Å². The van der Waals surface area contributed by atoms with Crippen LogP contribution in [0.3, 0.4) is 0 Å². The Balaban J connectivity index is 2.96. The molecule has 0 amide bonds. The molecule has 0 heterocycles. The highest BCUT2D eigenvalue weighted by molar-refractivity contribution is 7.52. The Labute approximate surface area is 85.7 Å². The molecule has 0 aliphatic carbocycles. The minimum absolute atomic E-state index is 0.210. The zero-order chi connectivity index (χ0) is 9.19. The molecule has 0 atom stereocenters. The van der Waals surface area contributed by atoms with Crippen molar-refractivity contribution >= 4 is 45.6 Å². The molecule has 0 bridgehead atoms. The van der Waals surface area contributed by atoms with Crippen molar-refractivity contribution in [1.29, 1.82) is 0 Å². The number of benzene rings is 1. The lowest BCUT2D eigenvalue weighted by Crippen LogP contribution is -2.38. The third kappa shape index (κ3) is 2.36. The SMILES string of the molecule is Fc1ccc([Si](Cl)(Cl)CCl)cc1. The molecule has 0 aliphatic rings. The highest BCUT2D eigenvalue weighted by Gasteiger charge is 2.29. The van der Waals surface area contributed by atoms with Crippen LogP contribution in [0.2, 0.25) is 0 Å². The monoisotopic (exact) mass is 242 g/mol. The Kier molecular flexibility index (Phi) is 3.41. The molecule has 0 saturated heterocycles. The molecule has 0 unspecified atom stereocenters. The maximum Gasteiger partial charge on any atom is 0.295 e. The van der Waals surface area contributed by atoms with E-state index < -0.39 is 6.69 Å². The highest BCUT2D eigenvalue weighted by atomic mass is 35.7. The van der Waals surface area contributed by atoms with Gasteiger partial charge in [0.05, 0.1) is 0 Å². The Hall–Kier alpha value is 0.237. The van der Waals surface area contributed by atoms with Crippen LogP contribution < -0.4 is 5.19 Å². The minimum Gasteiger partial charge on any atom is -0.207 e. The van der Waals surface area contributed by atoms with Crippen molar-refractivity contribution < 1.29 is 4.39 Å². The number of hydrogen-bond donors (Lipinski definition) is 0. The number of hydrogen-bond acceptors (Lipinski definition) is 0. The smallest absolute Gasteiger partial charge is 0.207 e. The van der Waals surface area contributed by atoms with E-state index in [1.54, 1.807) is 12.1 Å². The number of alkyl halides is 1. The van der Waals surface area contributed by atoms with E-state index >= 15 is 0 Å². The van der Waals surface area contributed by atoms with Crippen molar-refractivity contribution in [1.82, 2.24) is 0 Å². The lowest BCUT2D eigenvalue weighted by atomic mass is 10.3. The lowest BCUT2D eigenvalue weighted by molar-refractivity contribution is 0.628. The van der Waals surface area contributed by atoms with Crippen LogP contribution in [0.25, 0.3) is 0 Å². The zero-order valence-electron chi connectivity index (χ0n) is 6.03. The fraction of sp³-hybridized carbons (Fsp3) is 0.143. The minimum atomic E-state index is -2.53. The summed E-state index contributed by atoms with van der Waals surface area (Å²) in [5.41, 5.74) is 0.210. The van der Waals surface area contributed by atoms with Gasteiger partial charge in [-0.15, -0.1) is 33.8 Å². The maximum absolute atomic E-state index is 12.5. The van der Waals surface area contributed by atoms with Gasteiger partial charge >= 0.3 is 0 Å². The van der Waals surface area contributed by atoms with Crippen molar-refractivity contribution in [3.05, 3.63) is 30.1 Å². The summed E-state index contributed by atoms with van der Waals surface area (Å²) in [4.78, 5) is 0. The van der Waals surface area contributed by atoms with Crippen LogP contribution >= 0.6 is 33.8 Å². The van der Waals surface area contributed by atoms with Gasteiger partial charge in [0.25, 0.3) is 6.69 Å². The molecule has 0 fully saturated rings. The molecule has 0 aromatic heterocycles. The first-order chi connectivity index (χ1) is 5.56. The Morgan fingerprint density at radius 2 is 1.67 bits per heavy atom. The second-order valence-corrected chi connectivity index (χ2v) is 9.85. The van der Waals surface area contributed by atoms with Crippen molar-refractivity contribution in [3.63, 3.8) is 0 Å². The lowest BCUT2D eigenvalue weighted by Gasteiger charge is -2.12. The van der Waals surface area contributed by atoms with Gasteiger partial charge in [-0.25, -0.2) is 4.39 Å². The van der Waals surface area contributed by atoms with Crippen LogP contribution in [0.5, 0.6) is 0 Å². The molecule has 12 heavy (non-hydrogen) atoms.